The number of H-pyrrole nitrogens is 1. The minimum Gasteiger partial charge on any atom is -0.346 e. The van der Waals surface area contributed by atoms with Crippen LogP contribution in [0.2, 0.25) is 0 Å². The maximum atomic E-state index is 11.9. The van der Waals surface area contributed by atoms with Gasteiger partial charge in [0, 0.05) is 5.41 Å². The fourth-order valence-corrected chi connectivity index (χ4v) is 1.66. The van der Waals surface area contributed by atoms with E-state index in [-0.39, 0.29) is 17.4 Å². The van der Waals surface area contributed by atoms with Crippen LogP contribution in [-0.4, -0.2) is 15.9 Å². The van der Waals surface area contributed by atoms with E-state index in [0.29, 0.717) is 0 Å². The molecule has 0 aliphatic heterocycles. The second kappa shape index (κ2) is 4.44. The number of imidazole rings is 1. The lowest BCUT2D eigenvalue weighted by atomic mass is 9.95. The maximum Gasteiger partial charge on any atom is 0.225 e. The van der Waals surface area contributed by atoms with E-state index in [9.17, 15) is 4.79 Å². The molecule has 4 nitrogen and oxygen atoms in total. The van der Waals surface area contributed by atoms with Crippen molar-refractivity contribution in [1.29, 1.82) is 0 Å². The van der Waals surface area contributed by atoms with Crippen molar-refractivity contribution in [2.75, 3.05) is 0 Å². The summed E-state index contributed by atoms with van der Waals surface area (Å²) in [7, 11) is 0. The summed E-state index contributed by atoms with van der Waals surface area (Å²) < 4.78 is 0. The molecule has 1 aromatic heterocycles. The second-order valence-electron chi connectivity index (χ2n) is 5.58. The predicted octanol–water partition coefficient (Wildman–Crippen LogP) is 2.79. The molecule has 2 aromatic rings. The van der Waals surface area contributed by atoms with Crippen molar-refractivity contribution in [1.82, 2.24) is 15.3 Å². The average molecular weight is 245 g/mol. The monoisotopic (exact) mass is 245 g/mol. The summed E-state index contributed by atoms with van der Waals surface area (Å²) in [6, 6.07) is 7.72. The number of carbonyl (C=O) groups is 1. The predicted molar refractivity (Wildman–Crippen MR) is 72.1 cm³/mol. The van der Waals surface area contributed by atoms with Gasteiger partial charge in [0.2, 0.25) is 5.91 Å². The molecule has 1 aromatic carbocycles. The second-order valence-corrected chi connectivity index (χ2v) is 5.58. The molecule has 0 bridgehead atoms. The number of aromatic amines is 1. The summed E-state index contributed by atoms with van der Waals surface area (Å²) in [5, 5.41) is 2.96. The Bertz CT molecular complexity index is 533. The third kappa shape index (κ3) is 2.53. The van der Waals surface area contributed by atoms with Crippen molar-refractivity contribution in [3.05, 3.63) is 30.1 Å². The minimum absolute atomic E-state index is 0.0236. The molecule has 0 spiro atoms. The van der Waals surface area contributed by atoms with Gasteiger partial charge in [0.05, 0.1) is 17.1 Å². The number of fused-ring (bicyclic) bond motifs is 1. The molecule has 96 valence electrons. The molecule has 0 saturated heterocycles. The van der Waals surface area contributed by atoms with Gasteiger partial charge in [-0.1, -0.05) is 32.9 Å². The van der Waals surface area contributed by atoms with Crippen molar-refractivity contribution in [3.8, 4) is 0 Å². The standard InChI is InChI=1S/C14H19N3O/c1-9(15-13(18)14(2,3)4)12-16-10-7-5-6-8-11(10)17-12/h5-9H,1-4H3,(H,15,18)(H,16,17)/t9-/m0/s1. The normalized spacial score (nSPS) is 13.6. The van der Waals surface area contributed by atoms with E-state index in [2.05, 4.69) is 15.3 Å². The Balaban J connectivity index is 2.18. The topological polar surface area (TPSA) is 57.8 Å². The number of nitrogens with one attached hydrogen (secondary N) is 2. The zero-order valence-corrected chi connectivity index (χ0v) is 11.2. The van der Waals surface area contributed by atoms with Crippen LogP contribution in [0.3, 0.4) is 0 Å². The van der Waals surface area contributed by atoms with Crippen molar-refractivity contribution < 1.29 is 4.79 Å². The fourth-order valence-electron chi connectivity index (χ4n) is 1.66. The highest BCUT2D eigenvalue weighted by Crippen LogP contribution is 2.18. The van der Waals surface area contributed by atoms with Gasteiger partial charge >= 0.3 is 0 Å². The van der Waals surface area contributed by atoms with E-state index in [1.807, 2.05) is 52.0 Å². The number of benzene rings is 1. The molecule has 0 radical (unpaired) electrons. The minimum atomic E-state index is -0.389. The van der Waals surface area contributed by atoms with Gasteiger partial charge < -0.3 is 10.3 Å². The van der Waals surface area contributed by atoms with E-state index in [0.717, 1.165) is 16.9 Å². The molecule has 1 heterocycles. The van der Waals surface area contributed by atoms with Crippen LogP contribution < -0.4 is 5.32 Å². The van der Waals surface area contributed by atoms with Crippen LogP contribution in [0.25, 0.3) is 11.0 Å². The first-order valence-corrected chi connectivity index (χ1v) is 6.13. The maximum absolute atomic E-state index is 11.9. The van der Waals surface area contributed by atoms with Gasteiger partial charge in [0.1, 0.15) is 5.82 Å². The number of nitrogens with zero attached hydrogens (tertiary/aromatic N) is 1. The number of para-hydroxylation sites is 2. The Kier molecular flexibility index (Phi) is 3.11. The fraction of sp³-hybridized carbons (Fsp3) is 0.429. The van der Waals surface area contributed by atoms with E-state index >= 15 is 0 Å². The molecular formula is C14H19N3O. The Morgan fingerprint density at radius 1 is 1.33 bits per heavy atom. The Labute approximate surface area is 107 Å². The first-order valence-electron chi connectivity index (χ1n) is 6.13. The smallest absolute Gasteiger partial charge is 0.225 e. The van der Waals surface area contributed by atoms with Gasteiger partial charge in [-0.15, -0.1) is 0 Å². The highest BCUT2D eigenvalue weighted by atomic mass is 16.2. The van der Waals surface area contributed by atoms with Gasteiger partial charge in [-0.3, -0.25) is 4.79 Å². The van der Waals surface area contributed by atoms with Gasteiger partial charge in [0.25, 0.3) is 0 Å². The van der Waals surface area contributed by atoms with E-state index in [1.54, 1.807) is 0 Å². The molecule has 4 heteroatoms. The Morgan fingerprint density at radius 2 is 2.00 bits per heavy atom. The van der Waals surface area contributed by atoms with Gasteiger partial charge in [0.15, 0.2) is 0 Å². The molecule has 1 amide bonds. The third-order valence-electron chi connectivity index (χ3n) is 2.85. The van der Waals surface area contributed by atoms with Gasteiger partial charge in [-0.25, -0.2) is 4.98 Å². The molecule has 0 saturated carbocycles. The number of rotatable bonds is 2. The highest BCUT2D eigenvalue weighted by Gasteiger charge is 2.23. The molecule has 18 heavy (non-hydrogen) atoms. The van der Waals surface area contributed by atoms with Crippen LogP contribution in [-0.2, 0) is 4.79 Å². The van der Waals surface area contributed by atoms with Gasteiger partial charge in [-0.2, -0.15) is 0 Å². The third-order valence-corrected chi connectivity index (χ3v) is 2.85. The van der Waals surface area contributed by atoms with Crippen molar-refractivity contribution in [2.45, 2.75) is 33.7 Å². The zero-order chi connectivity index (χ0) is 13.3. The molecule has 0 unspecified atom stereocenters. The quantitative estimate of drug-likeness (QED) is 0.854. The molecule has 2 N–H and O–H groups in total. The van der Waals surface area contributed by atoms with Crippen molar-refractivity contribution in [3.63, 3.8) is 0 Å². The number of aromatic nitrogens is 2. The summed E-state index contributed by atoms with van der Waals surface area (Å²) in [6.45, 7) is 7.62. The zero-order valence-electron chi connectivity index (χ0n) is 11.2. The summed E-state index contributed by atoms with van der Waals surface area (Å²) in [5.41, 5.74) is 1.52. The lowest BCUT2D eigenvalue weighted by molar-refractivity contribution is -0.129. The summed E-state index contributed by atoms with van der Waals surface area (Å²) in [5.74, 6) is 0.809. The van der Waals surface area contributed by atoms with Crippen LogP contribution in [0.5, 0.6) is 0 Å². The summed E-state index contributed by atoms with van der Waals surface area (Å²) in [6.07, 6.45) is 0. The molecule has 0 aliphatic carbocycles. The van der Waals surface area contributed by atoms with E-state index in [4.69, 9.17) is 0 Å². The van der Waals surface area contributed by atoms with Gasteiger partial charge in [-0.05, 0) is 19.1 Å². The number of amides is 1. The molecule has 2 rings (SSSR count). The van der Waals surface area contributed by atoms with Crippen LogP contribution >= 0.6 is 0 Å². The molecular weight excluding hydrogens is 226 g/mol. The highest BCUT2D eigenvalue weighted by molar-refractivity contribution is 5.82. The summed E-state index contributed by atoms with van der Waals surface area (Å²) >= 11 is 0. The lowest BCUT2D eigenvalue weighted by Crippen LogP contribution is -2.36. The number of hydrogen-bond donors (Lipinski definition) is 2. The molecule has 0 fully saturated rings. The number of carbonyl (C=O) groups excluding carboxylic acids is 1. The Hall–Kier alpha value is -1.84. The number of hydrogen-bond acceptors (Lipinski definition) is 2. The summed E-state index contributed by atoms with van der Waals surface area (Å²) in [4.78, 5) is 19.6. The SMILES string of the molecule is C[C@H](NC(=O)C(C)(C)C)c1nc2ccccc2[nH]1. The first-order chi connectivity index (χ1) is 8.38. The van der Waals surface area contributed by atoms with Crippen molar-refractivity contribution in [2.24, 2.45) is 5.41 Å². The Morgan fingerprint density at radius 3 is 2.61 bits per heavy atom. The largest absolute Gasteiger partial charge is 0.346 e. The van der Waals surface area contributed by atoms with Crippen LogP contribution in [0.15, 0.2) is 24.3 Å². The van der Waals surface area contributed by atoms with Crippen LogP contribution in [0.1, 0.15) is 39.6 Å². The average Bonchev–Trinajstić information content (AvgIpc) is 2.71. The molecule has 1 atom stereocenters. The van der Waals surface area contributed by atoms with E-state index in [1.165, 1.54) is 0 Å². The van der Waals surface area contributed by atoms with Crippen LogP contribution in [0.4, 0.5) is 0 Å². The first kappa shape index (κ1) is 12.6. The molecule has 0 aliphatic rings. The lowest BCUT2D eigenvalue weighted by Gasteiger charge is -2.20. The van der Waals surface area contributed by atoms with Crippen LogP contribution in [0, 0.1) is 5.41 Å². The van der Waals surface area contributed by atoms with Crippen molar-refractivity contribution >= 4 is 16.9 Å². The van der Waals surface area contributed by atoms with E-state index < -0.39 is 0 Å².